The van der Waals surface area contributed by atoms with Crippen LogP contribution in [0.15, 0.2) is 30.3 Å². The summed E-state index contributed by atoms with van der Waals surface area (Å²) in [4.78, 5) is 10.0. The van der Waals surface area contributed by atoms with Gasteiger partial charge in [0.1, 0.15) is 6.04 Å². The molecule has 1 aromatic carbocycles. The molecule has 1 aliphatic rings. The molecule has 0 saturated carbocycles. The predicted molar refractivity (Wildman–Crippen MR) is 83.4 cm³/mol. The van der Waals surface area contributed by atoms with Crippen LogP contribution in [0.25, 0.3) is 6.08 Å². The monoisotopic (exact) mass is 286 g/mol. The summed E-state index contributed by atoms with van der Waals surface area (Å²) in [6.45, 7) is 5.52. The van der Waals surface area contributed by atoms with Crippen LogP contribution >= 0.6 is 0 Å². The number of nitrogens with two attached hydrogens (primary N) is 1. The maximum Gasteiger partial charge on any atom is 0.320 e. The highest BCUT2D eigenvalue weighted by atomic mass is 16.4. The lowest BCUT2D eigenvalue weighted by Crippen LogP contribution is -2.34. The fraction of sp³-hybridized carbons (Fsp3) is 0.412. The first kappa shape index (κ1) is 16.9. The Morgan fingerprint density at radius 2 is 1.95 bits per heavy atom. The van der Waals surface area contributed by atoms with Gasteiger partial charge in [-0.1, -0.05) is 50.3 Å². The van der Waals surface area contributed by atoms with Crippen LogP contribution in [-0.2, 0) is 4.79 Å². The van der Waals surface area contributed by atoms with Crippen molar-refractivity contribution in [3.8, 4) is 6.07 Å². The Balaban J connectivity index is 0.000000240. The largest absolute Gasteiger partial charge is 0.480 e. The number of allylic oxidation sites excluding steroid dienone is 1. The second-order valence-electron chi connectivity index (χ2n) is 5.54. The number of benzene rings is 1. The van der Waals surface area contributed by atoms with Crippen molar-refractivity contribution in [1.29, 1.82) is 5.26 Å². The molecular formula is C17H22N2O2. The summed E-state index contributed by atoms with van der Waals surface area (Å²) in [5.41, 5.74) is 7.71. The van der Waals surface area contributed by atoms with Gasteiger partial charge in [-0.3, -0.25) is 4.79 Å². The van der Waals surface area contributed by atoms with E-state index >= 15 is 0 Å². The smallest absolute Gasteiger partial charge is 0.320 e. The molecule has 0 radical (unpaired) electrons. The Kier molecular flexibility index (Phi) is 6.13. The lowest BCUT2D eigenvalue weighted by atomic mass is 9.90. The van der Waals surface area contributed by atoms with Crippen molar-refractivity contribution in [2.75, 3.05) is 0 Å². The third kappa shape index (κ3) is 4.44. The molecule has 4 nitrogen and oxygen atoms in total. The zero-order chi connectivity index (χ0) is 16.0. The fourth-order valence-electron chi connectivity index (χ4n) is 2.08. The van der Waals surface area contributed by atoms with Crippen LogP contribution in [0, 0.1) is 23.2 Å². The van der Waals surface area contributed by atoms with Crippen molar-refractivity contribution in [2.45, 2.75) is 32.7 Å². The van der Waals surface area contributed by atoms with E-state index in [1.165, 1.54) is 11.1 Å². The summed E-state index contributed by atoms with van der Waals surface area (Å²) in [6.07, 6.45) is 4.23. The van der Waals surface area contributed by atoms with Crippen LogP contribution in [0.4, 0.5) is 0 Å². The summed E-state index contributed by atoms with van der Waals surface area (Å²) >= 11 is 0. The van der Waals surface area contributed by atoms with Gasteiger partial charge in [-0.2, -0.15) is 5.26 Å². The van der Waals surface area contributed by atoms with E-state index in [4.69, 9.17) is 16.1 Å². The molecule has 3 N–H and O–H groups in total. The number of nitrogens with zero attached hydrogens (tertiary/aromatic N) is 1. The van der Waals surface area contributed by atoms with Gasteiger partial charge in [0, 0.05) is 5.92 Å². The Labute approximate surface area is 125 Å². The lowest BCUT2D eigenvalue weighted by Gasteiger charge is -2.11. The maximum absolute atomic E-state index is 10.0. The van der Waals surface area contributed by atoms with E-state index in [0.717, 1.165) is 0 Å². The second-order valence-corrected chi connectivity index (χ2v) is 5.54. The number of hydrogen-bond donors (Lipinski definition) is 2. The van der Waals surface area contributed by atoms with Crippen LogP contribution in [0.3, 0.4) is 0 Å². The molecule has 4 heteroatoms. The first-order valence-corrected chi connectivity index (χ1v) is 7.03. The summed E-state index contributed by atoms with van der Waals surface area (Å²) < 4.78 is 0. The molecule has 3 atom stereocenters. The average molecular weight is 286 g/mol. The minimum atomic E-state index is -0.931. The van der Waals surface area contributed by atoms with Gasteiger partial charge in [-0.25, -0.2) is 0 Å². The maximum atomic E-state index is 10.0. The zero-order valence-electron chi connectivity index (χ0n) is 12.7. The van der Waals surface area contributed by atoms with Crippen molar-refractivity contribution in [2.24, 2.45) is 17.6 Å². The highest BCUT2D eigenvalue weighted by molar-refractivity contribution is 5.73. The number of carboxylic acids is 1. The van der Waals surface area contributed by atoms with Crippen molar-refractivity contribution >= 4 is 12.0 Å². The van der Waals surface area contributed by atoms with Crippen molar-refractivity contribution < 1.29 is 9.90 Å². The Morgan fingerprint density at radius 3 is 2.43 bits per heavy atom. The van der Waals surface area contributed by atoms with Gasteiger partial charge in [0.25, 0.3) is 0 Å². The van der Waals surface area contributed by atoms with Crippen molar-refractivity contribution in [3.05, 3.63) is 41.5 Å². The minimum absolute atomic E-state index is 0.0208. The normalized spacial score (nSPS) is 18.2. The highest BCUT2D eigenvalue weighted by Gasteiger charge is 2.21. The van der Waals surface area contributed by atoms with Crippen molar-refractivity contribution in [1.82, 2.24) is 0 Å². The summed E-state index contributed by atoms with van der Waals surface area (Å²) in [7, 11) is 0. The van der Waals surface area contributed by atoms with E-state index in [-0.39, 0.29) is 11.8 Å². The number of carbonyl (C=O) groups is 1. The quantitative estimate of drug-likeness (QED) is 0.894. The first-order valence-electron chi connectivity index (χ1n) is 7.03. The number of nitriles is 1. The molecule has 1 aromatic rings. The number of fused-ring (bicyclic) bond motifs is 1. The average Bonchev–Trinajstić information content (AvgIpc) is 2.90. The predicted octanol–water partition coefficient (Wildman–Crippen LogP) is 3.01. The molecule has 21 heavy (non-hydrogen) atoms. The fourth-order valence-corrected chi connectivity index (χ4v) is 2.08. The van der Waals surface area contributed by atoms with E-state index in [9.17, 15) is 4.79 Å². The summed E-state index contributed by atoms with van der Waals surface area (Å²) in [5, 5.41) is 17.1. The molecule has 0 bridgehead atoms. The Bertz CT molecular complexity index is 558. The summed E-state index contributed by atoms with van der Waals surface area (Å²) in [5.74, 6) is -0.548. The third-order valence-corrected chi connectivity index (χ3v) is 3.58. The van der Waals surface area contributed by atoms with Gasteiger partial charge in [-0.15, -0.1) is 0 Å². The van der Waals surface area contributed by atoms with Crippen molar-refractivity contribution in [3.63, 3.8) is 0 Å². The Hall–Kier alpha value is -2.12. The molecule has 0 fully saturated rings. The van der Waals surface area contributed by atoms with Crippen LogP contribution in [0.5, 0.6) is 0 Å². The molecule has 0 saturated heterocycles. The van der Waals surface area contributed by atoms with Gasteiger partial charge in [0.15, 0.2) is 0 Å². The Morgan fingerprint density at radius 1 is 1.33 bits per heavy atom. The van der Waals surface area contributed by atoms with Gasteiger partial charge in [0.2, 0.25) is 0 Å². The van der Waals surface area contributed by atoms with E-state index in [2.05, 4.69) is 30.4 Å². The standard InChI is InChI=1S/C12H11N.C5H11NO2/c1-9(8-13)11-7-6-10-4-2-3-5-12(10)11;1-3(2)4(6)5(7)8/h2-7,9,11H,1H3;3-4H,6H2,1-2H3,(H,7,8)/t;4-/m.0/s1. The van der Waals surface area contributed by atoms with E-state index in [0.29, 0.717) is 5.92 Å². The molecule has 112 valence electrons. The molecule has 2 rings (SSSR count). The van der Waals surface area contributed by atoms with Gasteiger partial charge in [-0.05, 0) is 24.0 Å². The third-order valence-electron chi connectivity index (χ3n) is 3.58. The van der Waals surface area contributed by atoms with Gasteiger partial charge < -0.3 is 10.8 Å². The first-order chi connectivity index (χ1) is 9.88. The van der Waals surface area contributed by atoms with Crippen LogP contribution in [0.2, 0.25) is 0 Å². The lowest BCUT2D eigenvalue weighted by molar-refractivity contribution is -0.139. The molecular weight excluding hydrogens is 264 g/mol. The molecule has 0 amide bonds. The molecule has 0 aromatic heterocycles. The van der Waals surface area contributed by atoms with Gasteiger partial charge >= 0.3 is 5.97 Å². The SMILES string of the molecule is CC(C#N)C1C=Cc2ccccc21.CC(C)[C@H](N)C(=O)O. The zero-order valence-corrected chi connectivity index (χ0v) is 12.7. The van der Waals surface area contributed by atoms with Gasteiger partial charge in [0.05, 0.1) is 12.0 Å². The van der Waals surface area contributed by atoms with Crippen LogP contribution in [-0.4, -0.2) is 17.1 Å². The molecule has 0 aliphatic heterocycles. The summed E-state index contributed by atoms with van der Waals surface area (Å²) in [6, 6.07) is 9.84. The van der Waals surface area contributed by atoms with E-state index in [1.54, 1.807) is 13.8 Å². The molecule has 0 spiro atoms. The number of carboxylic acid groups (broad SMARTS) is 1. The topological polar surface area (TPSA) is 87.1 Å². The number of hydrogen-bond acceptors (Lipinski definition) is 3. The second kappa shape index (κ2) is 7.61. The highest BCUT2D eigenvalue weighted by Crippen LogP contribution is 2.34. The van der Waals surface area contributed by atoms with Crippen LogP contribution in [0.1, 0.15) is 37.8 Å². The molecule has 0 heterocycles. The molecule has 1 aliphatic carbocycles. The number of rotatable bonds is 3. The molecule has 2 unspecified atom stereocenters. The van der Waals surface area contributed by atoms with E-state index in [1.807, 2.05) is 19.1 Å². The van der Waals surface area contributed by atoms with E-state index < -0.39 is 12.0 Å². The minimum Gasteiger partial charge on any atom is -0.480 e. The number of aliphatic carboxylic acids is 1. The van der Waals surface area contributed by atoms with Crippen LogP contribution < -0.4 is 5.73 Å².